The summed E-state index contributed by atoms with van der Waals surface area (Å²) >= 11 is 0. The van der Waals surface area contributed by atoms with E-state index in [0.29, 0.717) is 11.4 Å². The number of aromatic amines is 1. The number of nitrogens with one attached hydrogen (secondary N) is 2. The van der Waals surface area contributed by atoms with Crippen molar-refractivity contribution >= 4 is 22.8 Å². The molecule has 3 heterocycles. The summed E-state index contributed by atoms with van der Waals surface area (Å²) in [6.07, 6.45) is 5.02. The van der Waals surface area contributed by atoms with Crippen molar-refractivity contribution in [1.82, 2.24) is 19.9 Å². The molecule has 0 saturated carbocycles. The van der Waals surface area contributed by atoms with Crippen LogP contribution >= 0.6 is 0 Å². The van der Waals surface area contributed by atoms with Crippen molar-refractivity contribution in [1.29, 1.82) is 0 Å². The van der Waals surface area contributed by atoms with Gasteiger partial charge in [0.1, 0.15) is 5.82 Å². The van der Waals surface area contributed by atoms with E-state index in [2.05, 4.69) is 25.3 Å². The molecule has 6 nitrogen and oxygen atoms in total. The first kappa shape index (κ1) is 14.1. The van der Waals surface area contributed by atoms with Gasteiger partial charge in [-0.2, -0.15) is 0 Å². The lowest BCUT2D eigenvalue weighted by Crippen LogP contribution is -2.12. The summed E-state index contributed by atoms with van der Waals surface area (Å²) in [6.45, 7) is 0. The van der Waals surface area contributed by atoms with Crippen LogP contribution in [0.4, 0.5) is 5.82 Å². The number of hydrogen-bond acceptors (Lipinski definition) is 4. The highest BCUT2D eigenvalue weighted by atomic mass is 16.1. The molecule has 1 aromatic carbocycles. The van der Waals surface area contributed by atoms with Crippen molar-refractivity contribution < 1.29 is 4.79 Å². The predicted octanol–water partition coefficient (Wildman–Crippen LogP) is 3.27. The van der Waals surface area contributed by atoms with Gasteiger partial charge in [0.05, 0.1) is 23.1 Å². The minimum Gasteiger partial charge on any atom is -0.345 e. The number of pyridine rings is 2. The lowest BCUT2D eigenvalue weighted by atomic mass is 10.2. The molecule has 3 aromatic heterocycles. The van der Waals surface area contributed by atoms with Crippen molar-refractivity contribution in [2.24, 2.45) is 0 Å². The fraction of sp³-hybridized carbons (Fsp3) is 0. The summed E-state index contributed by atoms with van der Waals surface area (Å²) in [5, 5.41) is 2.79. The third kappa shape index (κ3) is 2.72. The predicted molar refractivity (Wildman–Crippen MR) is 91.5 cm³/mol. The Balaban J connectivity index is 1.53. The van der Waals surface area contributed by atoms with Crippen LogP contribution in [0.1, 0.15) is 10.4 Å². The Labute approximate surface area is 137 Å². The molecule has 0 saturated heterocycles. The van der Waals surface area contributed by atoms with Gasteiger partial charge in [0.2, 0.25) is 0 Å². The molecular formula is C18H13N5O. The summed E-state index contributed by atoms with van der Waals surface area (Å²) in [7, 11) is 0. The zero-order chi connectivity index (χ0) is 16.4. The van der Waals surface area contributed by atoms with E-state index in [1.165, 1.54) is 0 Å². The Morgan fingerprint density at radius 2 is 1.96 bits per heavy atom. The molecule has 0 bridgehead atoms. The SMILES string of the molecule is O=C(Nc1ccc(-c2ccccn2)cn1)c1ccc2nc[nH]c2c1. The number of benzene rings is 1. The molecule has 0 aliphatic heterocycles. The average Bonchev–Trinajstić information content (AvgIpc) is 3.11. The molecule has 0 fully saturated rings. The van der Waals surface area contributed by atoms with Gasteiger partial charge in [-0.3, -0.25) is 9.78 Å². The van der Waals surface area contributed by atoms with Crippen molar-refractivity contribution in [3.8, 4) is 11.3 Å². The number of carbonyl (C=O) groups excluding carboxylic acids is 1. The van der Waals surface area contributed by atoms with Crippen LogP contribution in [0.25, 0.3) is 22.3 Å². The first-order valence-corrected chi connectivity index (χ1v) is 7.41. The van der Waals surface area contributed by atoms with Gasteiger partial charge in [0, 0.05) is 23.5 Å². The number of anilines is 1. The number of amides is 1. The van der Waals surface area contributed by atoms with Crippen molar-refractivity contribution in [3.05, 3.63) is 72.8 Å². The molecule has 116 valence electrons. The van der Waals surface area contributed by atoms with E-state index in [0.717, 1.165) is 22.3 Å². The topological polar surface area (TPSA) is 83.6 Å². The summed E-state index contributed by atoms with van der Waals surface area (Å²) in [5.41, 5.74) is 3.92. The van der Waals surface area contributed by atoms with Crippen LogP contribution in [0.3, 0.4) is 0 Å². The van der Waals surface area contributed by atoms with Gasteiger partial charge >= 0.3 is 0 Å². The Morgan fingerprint density at radius 3 is 2.75 bits per heavy atom. The fourth-order valence-electron chi connectivity index (χ4n) is 2.42. The minimum atomic E-state index is -0.218. The van der Waals surface area contributed by atoms with Crippen molar-refractivity contribution in [2.45, 2.75) is 0 Å². The second-order valence-electron chi connectivity index (χ2n) is 5.24. The monoisotopic (exact) mass is 315 g/mol. The molecule has 0 aliphatic rings. The molecular weight excluding hydrogens is 302 g/mol. The summed E-state index contributed by atoms with van der Waals surface area (Å²) in [6, 6.07) is 14.6. The number of fused-ring (bicyclic) bond motifs is 1. The molecule has 6 heteroatoms. The Hall–Kier alpha value is -3.54. The number of rotatable bonds is 3. The van der Waals surface area contributed by atoms with Gasteiger partial charge in [-0.25, -0.2) is 9.97 Å². The third-order valence-electron chi connectivity index (χ3n) is 3.65. The number of carbonyl (C=O) groups is 1. The number of imidazole rings is 1. The highest BCUT2D eigenvalue weighted by Gasteiger charge is 2.09. The molecule has 24 heavy (non-hydrogen) atoms. The Morgan fingerprint density at radius 1 is 1.00 bits per heavy atom. The molecule has 1 amide bonds. The van der Waals surface area contributed by atoms with Crippen LogP contribution < -0.4 is 5.32 Å². The van der Waals surface area contributed by atoms with Crippen LogP contribution in [0.5, 0.6) is 0 Å². The van der Waals surface area contributed by atoms with Gasteiger partial charge in [0.25, 0.3) is 5.91 Å². The quantitative estimate of drug-likeness (QED) is 0.608. The standard InChI is InChI=1S/C18H13N5O/c24-18(12-4-6-15-16(9-12)22-11-21-15)23-17-7-5-13(10-20-17)14-3-1-2-8-19-14/h1-11H,(H,21,22)(H,20,23,24). The Kier molecular flexibility index (Phi) is 3.47. The molecule has 0 atom stereocenters. The van der Waals surface area contributed by atoms with Crippen LogP contribution in [0, 0.1) is 0 Å². The first-order chi connectivity index (χ1) is 11.8. The number of H-pyrrole nitrogens is 1. The number of nitrogens with zero attached hydrogens (tertiary/aromatic N) is 3. The molecule has 0 aliphatic carbocycles. The average molecular weight is 315 g/mol. The molecule has 0 radical (unpaired) electrons. The second kappa shape index (κ2) is 5.92. The maximum absolute atomic E-state index is 12.3. The van der Waals surface area contributed by atoms with E-state index >= 15 is 0 Å². The van der Waals surface area contributed by atoms with E-state index in [1.54, 1.807) is 43.0 Å². The van der Waals surface area contributed by atoms with E-state index < -0.39 is 0 Å². The molecule has 4 rings (SSSR count). The van der Waals surface area contributed by atoms with E-state index in [1.807, 2.05) is 24.3 Å². The lowest BCUT2D eigenvalue weighted by molar-refractivity contribution is 0.102. The largest absolute Gasteiger partial charge is 0.345 e. The van der Waals surface area contributed by atoms with Gasteiger partial charge < -0.3 is 10.3 Å². The van der Waals surface area contributed by atoms with Crippen LogP contribution in [0.2, 0.25) is 0 Å². The zero-order valence-corrected chi connectivity index (χ0v) is 12.6. The van der Waals surface area contributed by atoms with Gasteiger partial charge in [-0.05, 0) is 42.5 Å². The molecule has 0 unspecified atom stereocenters. The van der Waals surface area contributed by atoms with E-state index in [9.17, 15) is 4.79 Å². The maximum atomic E-state index is 12.3. The van der Waals surface area contributed by atoms with Gasteiger partial charge in [0.15, 0.2) is 0 Å². The lowest BCUT2D eigenvalue weighted by Gasteiger charge is -2.06. The van der Waals surface area contributed by atoms with Crippen molar-refractivity contribution in [2.75, 3.05) is 5.32 Å². The highest BCUT2D eigenvalue weighted by Crippen LogP contribution is 2.17. The number of hydrogen-bond donors (Lipinski definition) is 2. The Bertz CT molecular complexity index is 993. The zero-order valence-electron chi connectivity index (χ0n) is 12.6. The van der Waals surface area contributed by atoms with Crippen LogP contribution in [-0.4, -0.2) is 25.8 Å². The van der Waals surface area contributed by atoms with Crippen molar-refractivity contribution in [3.63, 3.8) is 0 Å². The number of aromatic nitrogens is 4. The summed E-state index contributed by atoms with van der Waals surface area (Å²) in [5.74, 6) is 0.272. The second-order valence-corrected chi connectivity index (χ2v) is 5.24. The normalized spacial score (nSPS) is 10.7. The van der Waals surface area contributed by atoms with E-state index in [-0.39, 0.29) is 5.91 Å². The van der Waals surface area contributed by atoms with Crippen LogP contribution in [-0.2, 0) is 0 Å². The maximum Gasteiger partial charge on any atom is 0.256 e. The summed E-state index contributed by atoms with van der Waals surface area (Å²) in [4.78, 5) is 28.0. The summed E-state index contributed by atoms with van der Waals surface area (Å²) < 4.78 is 0. The molecule has 2 N–H and O–H groups in total. The first-order valence-electron chi connectivity index (χ1n) is 7.41. The highest BCUT2D eigenvalue weighted by molar-refractivity contribution is 6.05. The van der Waals surface area contributed by atoms with Gasteiger partial charge in [-0.15, -0.1) is 0 Å². The third-order valence-corrected chi connectivity index (χ3v) is 3.65. The fourth-order valence-corrected chi connectivity index (χ4v) is 2.42. The van der Waals surface area contributed by atoms with E-state index in [4.69, 9.17) is 0 Å². The minimum absolute atomic E-state index is 0.218. The smallest absolute Gasteiger partial charge is 0.256 e. The molecule has 4 aromatic rings. The van der Waals surface area contributed by atoms with Crippen LogP contribution in [0.15, 0.2) is 67.3 Å². The molecule has 0 spiro atoms. The van der Waals surface area contributed by atoms with Gasteiger partial charge in [-0.1, -0.05) is 6.07 Å².